The molecule has 1 aliphatic carbocycles. The summed E-state index contributed by atoms with van der Waals surface area (Å²) in [4.78, 5) is 26.5. The molecule has 3 heterocycles. The fraction of sp³-hybridized carbons (Fsp3) is 0.333. The van der Waals surface area contributed by atoms with Crippen LogP contribution in [0.15, 0.2) is 35.5 Å². The summed E-state index contributed by atoms with van der Waals surface area (Å²) in [5.41, 5.74) is 7.50. The van der Waals surface area contributed by atoms with E-state index in [2.05, 4.69) is 20.3 Å². The minimum absolute atomic E-state index is 0.0109. The third-order valence-corrected chi connectivity index (χ3v) is 6.00. The van der Waals surface area contributed by atoms with Crippen LogP contribution in [-0.4, -0.2) is 41.6 Å². The smallest absolute Gasteiger partial charge is 0.264 e. The SMILES string of the molecule is CC(C)N/C=C(\C=N)c1nn(Cc2nc3cccc(F)c3c(=O)n2CC2CC2)c2ncnc(N)c12. The molecule has 1 aromatic carbocycles. The Labute approximate surface area is 200 Å². The molecule has 0 atom stereocenters. The molecule has 180 valence electrons. The maximum absolute atomic E-state index is 14.5. The van der Waals surface area contributed by atoms with Gasteiger partial charge in [0.05, 0.1) is 10.9 Å². The van der Waals surface area contributed by atoms with Gasteiger partial charge in [-0.1, -0.05) is 6.07 Å². The number of fused-ring (bicyclic) bond motifs is 2. The molecule has 0 spiro atoms. The van der Waals surface area contributed by atoms with Gasteiger partial charge in [0, 0.05) is 30.6 Å². The standard InChI is InChI=1S/C24H26FN9O/c1-13(2)28-9-15(8-26)21-20-22(27)29-12-30-23(20)34(32-21)11-18-31-17-5-3-4-16(25)19(17)24(35)33(18)10-14-6-7-14/h3-5,8-9,12-14,26,28H,6-7,10-11H2,1-2H3,(H2,27,29,30)/b15-9+,26-8?. The highest BCUT2D eigenvalue weighted by Crippen LogP contribution is 2.31. The van der Waals surface area contributed by atoms with Gasteiger partial charge in [0.25, 0.3) is 5.56 Å². The van der Waals surface area contributed by atoms with E-state index in [0.29, 0.717) is 46.1 Å². The molecule has 1 aliphatic rings. The first-order valence-electron chi connectivity index (χ1n) is 11.5. The highest BCUT2D eigenvalue weighted by molar-refractivity contribution is 6.13. The van der Waals surface area contributed by atoms with E-state index < -0.39 is 11.4 Å². The van der Waals surface area contributed by atoms with Gasteiger partial charge in [-0.15, -0.1) is 0 Å². The monoisotopic (exact) mass is 475 g/mol. The maximum Gasteiger partial charge on any atom is 0.264 e. The van der Waals surface area contributed by atoms with Crippen LogP contribution in [0.3, 0.4) is 0 Å². The van der Waals surface area contributed by atoms with Crippen LogP contribution < -0.4 is 16.6 Å². The van der Waals surface area contributed by atoms with Crippen LogP contribution in [0.2, 0.25) is 0 Å². The third-order valence-electron chi connectivity index (χ3n) is 6.00. The number of benzene rings is 1. The number of nitrogens with two attached hydrogens (primary N) is 1. The molecule has 4 N–H and O–H groups in total. The lowest BCUT2D eigenvalue weighted by Gasteiger charge is -2.14. The van der Waals surface area contributed by atoms with Crippen LogP contribution in [-0.2, 0) is 13.1 Å². The maximum atomic E-state index is 14.5. The summed E-state index contributed by atoms with van der Waals surface area (Å²) in [7, 11) is 0. The van der Waals surface area contributed by atoms with Crippen molar-refractivity contribution in [2.24, 2.45) is 5.92 Å². The first-order chi connectivity index (χ1) is 16.9. The predicted molar refractivity (Wildman–Crippen MR) is 133 cm³/mol. The van der Waals surface area contributed by atoms with Crippen LogP contribution in [0.1, 0.15) is 38.2 Å². The third kappa shape index (κ3) is 4.25. The molecule has 35 heavy (non-hydrogen) atoms. The Kier molecular flexibility index (Phi) is 5.75. The van der Waals surface area contributed by atoms with Crippen molar-refractivity contribution < 1.29 is 4.39 Å². The topological polar surface area (TPSA) is 140 Å². The van der Waals surface area contributed by atoms with Crippen LogP contribution in [0, 0.1) is 17.1 Å². The number of hydrogen-bond donors (Lipinski definition) is 3. The van der Waals surface area contributed by atoms with E-state index >= 15 is 0 Å². The highest BCUT2D eigenvalue weighted by Gasteiger charge is 2.26. The zero-order valence-corrected chi connectivity index (χ0v) is 19.5. The highest BCUT2D eigenvalue weighted by atomic mass is 19.1. The van der Waals surface area contributed by atoms with E-state index in [0.717, 1.165) is 12.8 Å². The Morgan fingerprint density at radius 1 is 1.31 bits per heavy atom. The predicted octanol–water partition coefficient (Wildman–Crippen LogP) is 2.70. The van der Waals surface area contributed by atoms with Gasteiger partial charge in [0.2, 0.25) is 0 Å². The summed E-state index contributed by atoms with van der Waals surface area (Å²) in [5, 5.41) is 16.3. The summed E-state index contributed by atoms with van der Waals surface area (Å²) >= 11 is 0. The summed E-state index contributed by atoms with van der Waals surface area (Å²) in [5.74, 6) is 0.475. The minimum atomic E-state index is -0.582. The second-order valence-corrected chi connectivity index (χ2v) is 9.05. The molecule has 4 aromatic rings. The number of hydrogen-bond acceptors (Lipinski definition) is 8. The van der Waals surface area contributed by atoms with Crippen LogP contribution >= 0.6 is 0 Å². The van der Waals surface area contributed by atoms with Gasteiger partial charge in [-0.05, 0) is 44.7 Å². The molecule has 3 aromatic heterocycles. The number of nitrogen functional groups attached to an aromatic ring is 1. The van der Waals surface area contributed by atoms with Crippen LogP contribution in [0.5, 0.6) is 0 Å². The summed E-state index contributed by atoms with van der Waals surface area (Å²) in [6, 6.07) is 4.60. The Balaban J connectivity index is 1.68. The number of anilines is 1. The van der Waals surface area contributed by atoms with E-state index in [1.807, 2.05) is 13.8 Å². The number of rotatable bonds is 8. The molecule has 11 heteroatoms. The van der Waals surface area contributed by atoms with Crippen LogP contribution in [0.4, 0.5) is 10.2 Å². The van der Waals surface area contributed by atoms with Crippen molar-refractivity contribution >= 4 is 39.5 Å². The van der Waals surface area contributed by atoms with E-state index in [1.165, 1.54) is 24.7 Å². The molecule has 5 rings (SSSR count). The quantitative estimate of drug-likeness (QED) is 0.333. The van der Waals surface area contributed by atoms with E-state index in [4.69, 9.17) is 16.2 Å². The van der Waals surface area contributed by atoms with Gasteiger partial charge < -0.3 is 16.5 Å². The molecule has 0 bridgehead atoms. The Morgan fingerprint density at radius 2 is 2.11 bits per heavy atom. The fourth-order valence-electron chi connectivity index (χ4n) is 4.05. The minimum Gasteiger partial charge on any atom is -0.388 e. The second-order valence-electron chi connectivity index (χ2n) is 9.05. The lowest BCUT2D eigenvalue weighted by molar-refractivity contribution is 0.538. The van der Waals surface area contributed by atoms with Crippen molar-refractivity contribution in [3.63, 3.8) is 0 Å². The molecule has 1 saturated carbocycles. The fourth-order valence-corrected chi connectivity index (χ4v) is 4.05. The lowest BCUT2D eigenvalue weighted by atomic mass is 10.1. The van der Waals surface area contributed by atoms with Gasteiger partial charge in [0.1, 0.15) is 41.4 Å². The zero-order chi connectivity index (χ0) is 24.7. The van der Waals surface area contributed by atoms with Gasteiger partial charge in [-0.3, -0.25) is 9.36 Å². The number of halogens is 1. The molecular weight excluding hydrogens is 449 g/mol. The number of nitrogens with one attached hydrogen (secondary N) is 2. The van der Waals surface area contributed by atoms with Gasteiger partial charge in [-0.25, -0.2) is 24.0 Å². The van der Waals surface area contributed by atoms with E-state index in [9.17, 15) is 9.18 Å². The average Bonchev–Trinajstić information content (AvgIpc) is 3.57. The van der Waals surface area contributed by atoms with Crippen molar-refractivity contribution in [3.8, 4) is 0 Å². The molecule has 0 saturated heterocycles. The first-order valence-corrected chi connectivity index (χ1v) is 11.5. The van der Waals surface area contributed by atoms with Crippen LogP contribution in [0.25, 0.3) is 27.5 Å². The molecule has 0 aliphatic heterocycles. The number of nitrogens with zero attached hydrogens (tertiary/aromatic N) is 6. The Bertz CT molecular complexity index is 1530. The zero-order valence-electron chi connectivity index (χ0n) is 19.5. The number of allylic oxidation sites excluding steroid dienone is 1. The van der Waals surface area contributed by atoms with E-state index in [-0.39, 0.29) is 23.8 Å². The largest absolute Gasteiger partial charge is 0.388 e. The normalized spacial score (nSPS) is 14.2. The van der Waals surface area contributed by atoms with Gasteiger partial charge >= 0.3 is 0 Å². The summed E-state index contributed by atoms with van der Waals surface area (Å²) < 4.78 is 17.7. The number of aromatic nitrogens is 6. The first kappa shape index (κ1) is 22.6. The van der Waals surface area contributed by atoms with Crippen molar-refractivity contribution in [2.45, 2.75) is 45.8 Å². The molecule has 0 unspecified atom stereocenters. The van der Waals surface area contributed by atoms with Gasteiger partial charge in [0.15, 0.2) is 5.65 Å². The van der Waals surface area contributed by atoms with Crippen molar-refractivity contribution in [3.05, 3.63) is 58.4 Å². The van der Waals surface area contributed by atoms with Crippen molar-refractivity contribution in [2.75, 3.05) is 5.73 Å². The molecule has 0 amide bonds. The van der Waals surface area contributed by atoms with E-state index in [1.54, 1.807) is 21.5 Å². The second kappa shape index (κ2) is 8.90. The molecule has 1 fully saturated rings. The summed E-state index contributed by atoms with van der Waals surface area (Å²) in [6.07, 6.45) is 6.29. The van der Waals surface area contributed by atoms with Crippen molar-refractivity contribution in [1.82, 2.24) is 34.6 Å². The molecule has 0 radical (unpaired) electrons. The average molecular weight is 476 g/mol. The van der Waals surface area contributed by atoms with Gasteiger partial charge in [-0.2, -0.15) is 5.10 Å². The Hall–Kier alpha value is -4.15. The molecule has 10 nitrogen and oxygen atoms in total. The lowest BCUT2D eigenvalue weighted by Crippen LogP contribution is -2.28. The Morgan fingerprint density at radius 3 is 2.83 bits per heavy atom. The molecular formula is C24H26FN9O. The van der Waals surface area contributed by atoms with Crippen molar-refractivity contribution in [1.29, 1.82) is 5.41 Å². The summed E-state index contributed by atoms with van der Waals surface area (Å²) in [6.45, 7) is 4.56.